The number of thiol groups is 1. The first kappa shape index (κ1) is 21.6. The van der Waals surface area contributed by atoms with Gasteiger partial charge >= 0.3 is 0 Å². The Labute approximate surface area is 171 Å². The fraction of sp³-hybridized carbons (Fsp3) is 0.368. The van der Waals surface area contributed by atoms with Gasteiger partial charge in [-0.1, -0.05) is 42.5 Å². The summed E-state index contributed by atoms with van der Waals surface area (Å²) in [4.78, 5) is 0. The smallest absolute Gasteiger partial charge is 0.289 e. The predicted octanol–water partition coefficient (Wildman–Crippen LogP) is 3.55. The highest BCUT2D eigenvalue weighted by Crippen LogP contribution is 2.36. The molecule has 0 bridgehead atoms. The van der Waals surface area contributed by atoms with E-state index in [1.165, 1.54) is 31.2 Å². The van der Waals surface area contributed by atoms with E-state index in [-0.39, 0.29) is 12.1 Å². The zero-order valence-electron chi connectivity index (χ0n) is 14.4. The lowest BCUT2D eigenvalue weighted by Crippen LogP contribution is -2.57. The van der Waals surface area contributed by atoms with Crippen molar-refractivity contribution in [2.45, 2.75) is 36.3 Å². The van der Waals surface area contributed by atoms with Crippen LogP contribution < -0.4 is 11.1 Å². The van der Waals surface area contributed by atoms with Gasteiger partial charge in [0.1, 0.15) is 0 Å². The third kappa shape index (κ3) is 5.39. The van der Waals surface area contributed by atoms with Crippen molar-refractivity contribution >= 4 is 35.2 Å². The molecule has 1 unspecified atom stereocenters. The highest BCUT2D eigenvalue weighted by Gasteiger charge is 2.47. The Morgan fingerprint density at radius 3 is 2.46 bits per heavy atom. The minimum Gasteiger partial charge on any atom is -0.388 e. The fourth-order valence-corrected chi connectivity index (χ4v) is 3.54. The molecule has 7 heteroatoms. The molecular formula is C19H23F2IN2OS. The summed E-state index contributed by atoms with van der Waals surface area (Å²) >= 11 is 6.45. The van der Waals surface area contributed by atoms with Crippen molar-refractivity contribution < 1.29 is 13.9 Å². The summed E-state index contributed by atoms with van der Waals surface area (Å²) in [6.07, 6.45) is 0. The predicted molar refractivity (Wildman–Crippen MR) is 113 cm³/mol. The summed E-state index contributed by atoms with van der Waals surface area (Å²) in [5, 5.41) is 12.6. The van der Waals surface area contributed by atoms with Crippen molar-refractivity contribution in [2.24, 2.45) is 5.73 Å². The highest BCUT2D eigenvalue weighted by atomic mass is 127. The van der Waals surface area contributed by atoms with Gasteiger partial charge < -0.3 is 16.2 Å². The number of nitrogens with one attached hydrogen (secondary N) is 1. The Morgan fingerprint density at radius 1 is 1.19 bits per heavy atom. The lowest BCUT2D eigenvalue weighted by Gasteiger charge is -2.37. The Hall–Kier alpha value is -0.740. The summed E-state index contributed by atoms with van der Waals surface area (Å²) in [6, 6.07) is 13.6. The van der Waals surface area contributed by atoms with Gasteiger partial charge in [-0.05, 0) is 47.2 Å². The van der Waals surface area contributed by atoms with Crippen molar-refractivity contribution in [3.8, 4) is 0 Å². The van der Waals surface area contributed by atoms with Crippen LogP contribution >= 0.6 is 35.2 Å². The van der Waals surface area contributed by atoms with Crippen LogP contribution in [0, 0.1) is 3.57 Å². The summed E-state index contributed by atoms with van der Waals surface area (Å²) in [6.45, 7) is 2.07. The molecular weight excluding hydrogens is 469 g/mol. The Morgan fingerprint density at radius 2 is 1.85 bits per heavy atom. The second kappa shape index (κ2) is 8.97. The van der Waals surface area contributed by atoms with Crippen molar-refractivity contribution in [3.63, 3.8) is 0 Å². The van der Waals surface area contributed by atoms with Crippen molar-refractivity contribution in [3.05, 3.63) is 69.3 Å². The van der Waals surface area contributed by atoms with Crippen LogP contribution in [-0.2, 0) is 12.5 Å². The molecule has 0 fully saturated rings. The molecule has 2 aromatic rings. The number of benzene rings is 2. The molecule has 0 radical (unpaired) electrons. The van der Waals surface area contributed by atoms with E-state index >= 15 is 0 Å². The van der Waals surface area contributed by atoms with Crippen LogP contribution in [0.15, 0.2) is 54.6 Å². The van der Waals surface area contributed by atoms with E-state index in [1.54, 1.807) is 6.07 Å². The van der Waals surface area contributed by atoms with E-state index < -0.39 is 22.8 Å². The molecule has 0 spiro atoms. The molecule has 0 amide bonds. The van der Waals surface area contributed by atoms with E-state index in [0.717, 1.165) is 9.13 Å². The summed E-state index contributed by atoms with van der Waals surface area (Å²) in [7, 11) is 0. The third-order valence-corrected chi connectivity index (χ3v) is 5.80. The van der Waals surface area contributed by atoms with E-state index in [0.29, 0.717) is 6.54 Å². The SMILES string of the molecule is C[C@@](O)(CNCc1cccc(I)c1)C(S)[C@@H](N)C(F)(F)c1ccccc1. The first-order valence-electron chi connectivity index (χ1n) is 8.19. The maximum atomic E-state index is 14.7. The molecule has 0 aliphatic rings. The minimum atomic E-state index is -3.30. The molecule has 0 aliphatic carbocycles. The Balaban J connectivity index is 2.00. The lowest BCUT2D eigenvalue weighted by atomic mass is 9.89. The molecule has 26 heavy (non-hydrogen) atoms. The largest absolute Gasteiger partial charge is 0.388 e. The van der Waals surface area contributed by atoms with E-state index in [4.69, 9.17) is 5.73 Å². The van der Waals surface area contributed by atoms with Gasteiger partial charge in [0, 0.05) is 22.2 Å². The molecule has 3 nitrogen and oxygen atoms in total. The van der Waals surface area contributed by atoms with Gasteiger partial charge in [0.15, 0.2) is 0 Å². The quantitative estimate of drug-likeness (QED) is 0.337. The second-order valence-corrected chi connectivity index (χ2v) is 8.35. The number of rotatable bonds is 8. The summed E-state index contributed by atoms with van der Waals surface area (Å²) in [5.41, 5.74) is 5.15. The van der Waals surface area contributed by atoms with Gasteiger partial charge in [0.05, 0.1) is 16.9 Å². The molecule has 0 heterocycles. The van der Waals surface area contributed by atoms with Crippen LogP contribution in [0.4, 0.5) is 8.78 Å². The molecule has 3 atom stereocenters. The number of alkyl halides is 2. The topological polar surface area (TPSA) is 58.3 Å². The average molecular weight is 492 g/mol. The minimum absolute atomic E-state index is 0.0885. The van der Waals surface area contributed by atoms with Crippen LogP contribution in [0.3, 0.4) is 0 Å². The zero-order valence-corrected chi connectivity index (χ0v) is 17.4. The lowest BCUT2D eigenvalue weighted by molar-refractivity contribution is -0.0570. The molecule has 2 rings (SSSR count). The van der Waals surface area contributed by atoms with Crippen molar-refractivity contribution in [1.82, 2.24) is 5.32 Å². The van der Waals surface area contributed by atoms with Crippen LogP contribution in [-0.4, -0.2) is 28.5 Å². The van der Waals surface area contributed by atoms with Gasteiger partial charge in [-0.25, -0.2) is 0 Å². The van der Waals surface area contributed by atoms with E-state index in [1.807, 2.05) is 24.3 Å². The standard InChI is InChI=1S/C19H23F2IN2OS/c1-18(25,12-24-11-13-6-5-9-15(22)10-13)17(26)16(23)19(20,21)14-7-3-2-4-8-14/h2-10,16-17,24-26H,11-12,23H2,1H3/t16-,17?,18-/m1/s1. The molecule has 0 aliphatic heterocycles. The number of aliphatic hydroxyl groups is 1. The van der Waals surface area contributed by atoms with Gasteiger partial charge in [0.25, 0.3) is 5.92 Å². The molecule has 4 N–H and O–H groups in total. The van der Waals surface area contributed by atoms with Crippen LogP contribution in [0.25, 0.3) is 0 Å². The molecule has 2 aromatic carbocycles. The molecule has 142 valence electrons. The highest BCUT2D eigenvalue weighted by molar-refractivity contribution is 14.1. The van der Waals surface area contributed by atoms with E-state index in [9.17, 15) is 13.9 Å². The normalized spacial score (nSPS) is 16.7. The Kier molecular flexibility index (Phi) is 7.43. The summed E-state index contributed by atoms with van der Waals surface area (Å²) < 4.78 is 30.4. The zero-order chi connectivity index (χ0) is 19.4. The fourth-order valence-electron chi connectivity index (χ4n) is 2.65. The number of hydrogen-bond donors (Lipinski definition) is 4. The Bertz CT molecular complexity index is 716. The monoisotopic (exact) mass is 492 g/mol. The molecule has 0 aromatic heterocycles. The van der Waals surface area contributed by atoms with Crippen LogP contribution in [0.5, 0.6) is 0 Å². The maximum absolute atomic E-state index is 14.7. The van der Waals surface area contributed by atoms with Gasteiger partial charge in [0.2, 0.25) is 0 Å². The van der Waals surface area contributed by atoms with Crippen molar-refractivity contribution in [1.29, 1.82) is 0 Å². The first-order chi connectivity index (χ1) is 12.1. The van der Waals surface area contributed by atoms with Crippen LogP contribution in [0.1, 0.15) is 18.1 Å². The van der Waals surface area contributed by atoms with Gasteiger partial charge in [-0.15, -0.1) is 0 Å². The van der Waals surface area contributed by atoms with Gasteiger partial charge in [-0.2, -0.15) is 21.4 Å². The van der Waals surface area contributed by atoms with Crippen LogP contribution in [0.2, 0.25) is 0 Å². The second-order valence-electron chi connectivity index (χ2n) is 6.55. The summed E-state index contributed by atoms with van der Waals surface area (Å²) in [5.74, 6) is -3.30. The number of halogens is 3. The molecule has 0 saturated heterocycles. The maximum Gasteiger partial charge on any atom is 0.289 e. The molecule has 0 saturated carbocycles. The number of nitrogens with two attached hydrogens (primary N) is 1. The van der Waals surface area contributed by atoms with Gasteiger partial charge in [-0.3, -0.25) is 0 Å². The van der Waals surface area contributed by atoms with Crippen molar-refractivity contribution in [2.75, 3.05) is 6.54 Å². The number of hydrogen-bond acceptors (Lipinski definition) is 4. The average Bonchev–Trinajstić information content (AvgIpc) is 2.61. The third-order valence-electron chi connectivity index (χ3n) is 4.26. The van der Waals surface area contributed by atoms with E-state index in [2.05, 4.69) is 40.5 Å². The first-order valence-corrected chi connectivity index (χ1v) is 9.78.